The third kappa shape index (κ3) is 4.08. The van der Waals surface area contributed by atoms with E-state index in [1.807, 2.05) is 6.92 Å². The number of carbonyl (C=O) groups excluding carboxylic acids is 1. The summed E-state index contributed by atoms with van der Waals surface area (Å²) in [5, 5.41) is 28.0. The van der Waals surface area contributed by atoms with E-state index in [-0.39, 0.29) is 17.9 Å². The first kappa shape index (κ1) is 21.5. The van der Waals surface area contributed by atoms with Gasteiger partial charge in [0.2, 0.25) is 0 Å². The van der Waals surface area contributed by atoms with Crippen LogP contribution >= 0.6 is 11.6 Å². The SMILES string of the molecule is Cc1ccc(C2(O)CC(c3ccc([N+](=O)[O-])o3)=NN2C(=O)COc2ccccc2Cl)cc1. The van der Waals surface area contributed by atoms with Crippen LogP contribution in [0.25, 0.3) is 0 Å². The molecule has 1 unspecified atom stereocenters. The molecule has 0 bridgehead atoms. The first-order valence-corrected chi connectivity index (χ1v) is 9.98. The maximum Gasteiger partial charge on any atom is 0.433 e. The van der Waals surface area contributed by atoms with Gasteiger partial charge in [-0.25, -0.2) is 0 Å². The van der Waals surface area contributed by atoms with Gasteiger partial charge in [-0.15, -0.1) is 0 Å². The second kappa shape index (κ2) is 8.45. The van der Waals surface area contributed by atoms with E-state index in [2.05, 4.69) is 5.10 Å². The van der Waals surface area contributed by atoms with Gasteiger partial charge in [-0.2, -0.15) is 10.1 Å². The van der Waals surface area contributed by atoms with Crippen molar-refractivity contribution in [2.24, 2.45) is 5.10 Å². The van der Waals surface area contributed by atoms with Crippen LogP contribution < -0.4 is 4.74 Å². The molecule has 164 valence electrons. The molecule has 1 atom stereocenters. The fourth-order valence-corrected chi connectivity index (χ4v) is 3.52. The Bertz CT molecular complexity index is 1210. The number of para-hydroxylation sites is 1. The van der Waals surface area contributed by atoms with Crippen LogP contribution in [0.2, 0.25) is 5.02 Å². The van der Waals surface area contributed by atoms with Crippen molar-refractivity contribution in [1.29, 1.82) is 0 Å². The van der Waals surface area contributed by atoms with Gasteiger partial charge in [0.15, 0.2) is 18.1 Å². The lowest BCUT2D eigenvalue weighted by Gasteiger charge is -2.31. The summed E-state index contributed by atoms with van der Waals surface area (Å²) in [4.78, 5) is 23.3. The van der Waals surface area contributed by atoms with Crippen LogP contribution in [0.15, 0.2) is 70.2 Å². The molecule has 9 nitrogen and oxygen atoms in total. The minimum atomic E-state index is -1.83. The Hall–Kier alpha value is -3.69. The van der Waals surface area contributed by atoms with Crippen LogP contribution in [-0.4, -0.2) is 33.3 Å². The van der Waals surface area contributed by atoms with Gasteiger partial charge in [0.1, 0.15) is 16.4 Å². The minimum Gasteiger partial charge on any atom is -0.482 e. The summed E-state index contributed by atoms with van der Waals surface area (Å²) < 4.78 is 10.7. The zero-order chi connectivity index (χ0) is 22.9. The average Bonchev–Trinajstić information content (AvgIpc) is 3.39. The fraction of sp³-hybridized carbons (Fsp3) is 0.182. The molecule has 0 saturated heterocycles. The Morgan fingerprint density at radius 3 is 2.62 bits per heavy atom. The number of amides is 1. The highest BCUT2D eigenvalue weighted by atomic mass is 35.5. The summed E-state index contributed by atoms with van der Waals surface area (Å²) in [6.45, 7) is 1.46. The summed E-state index contributed by atoms with van der Waals surface area (Å²) in [6, 6.07) is 16.2. The first-order chi connectivity index (χ1) is 15.3. The van der Waals surface area contributed by atoms with E-state index in [0.29, 0.717) is 16.3 Å². The van der Waals surface area contributed by atoms with Crippen molar-refractivity contribution in [3.8, 4) is 5.75 Å². The lowest BCUT2D eigenvalue weighted by atomic mass is 9.95. The molecule has 0 aliphatic carbocycles. The molecular formula is C22H18ClN3O6. The molecule has 1 aliphatic rings. The van der Waals surface area contributed by atoms with Gasteiger partial charge in [0, 0.05) is 12.0 Å². The van der Waals surface area contributed by atoms with E-state index in [0.717, 1.165) is 10.6 Å². The Balaban J connectivity index is 1.65. The molecule has 2 aromatic carbocycles. The highest BCUT2D eigenvalue weighted by Crippen LogP contribution is 2.38. The molecule has 0 spiro atoms. The number of nitro groups is 1. The molecule has 1 amide bonds. The molecule has 32 heavy (non-hydrogen) atoms. The maximum absolute atomic E-state index is 13.0. The number of halogens is 1. The zero-order valence-corrected chi connectivity index (χ0v) is 17.7. The van der Waals surface area contributed by atoms with Gasteiger partial charge < -0.3 is 14.3 Å². The van der Waals surface area contributed by atoms with Crippen LogP contribution in [-0.2, 0) is 10.5 Å². The molecule has 0 fully saturated rings. The topological polar surface area (TPSA) is 118 Å². The largest absolute Gasteiger partial charge is 0.482 e. The molecule has 10 heteroatoms. The molecule has 4 rings (SSSR count). The van der Waals surface area contributed by atoms with E-state index in [1.165, 1.54) is 12.1 Å². The van der Waals surface area contributed by atoms with Gasteiger partial charge >= 0.3 is 5.88 Å². The van der Waals surface area contributed by atoms with E-state index in [1.54, 1.807) is 48.5 Å². The number of carbonyl (C=O) groups is 1. The van der Waals surface area contributed by atoms with Crippen molar-refractivity contribution in [3.63, 3.8) is 0 Å². The first-order valence-electron chi connectivity index (χ1n) is 9.60. The highest BCUT2D eigenvalue weighted by Gasteiger charge is 2.47. The molecule has 0 saturated carbocycles. The fourth-order valence-electron chi connectivity index (χ4n) is 3.33. The quantitative estimate of drug-likeness (QED) is 0.443. The van der Waals surface area contributed by atoms with Crippen LogP contribution in [0.4, 0.5) is 5.88 Å². The number of hydrazone groups is 1. The van der Waals surface area contributed by atoms with Crippen molar-refractivity contribution < 1.29 is 24.0 Å². The normalized spacial score (nSPS) is 17.8. The number of aryl methyl sites for hydroxylation is 1. The Morgan fingerprint density at radius 2 is 1.97 bits per heavy atom. The van der Waals surface area contributed by atoms with E-state index >= 15 is 0 Å². The number of benzene rings is 2. The Morgan fingerprint density at radius 1 is 1.25 bits per heavy atom. The predicted molar refractivity (Wildman–Crippen MR) is 115 cm³/mol. The number of aliphatic hydroxyl groups is 1. The third-order valence-electron chi connectivity index (χ3n) is 4.98. The summed E-state index contributed by atoms with van der Waals surface area (Å²) in [5.41, 5.74) is -0.245. The van der Waals surface area contributed by atoms with Gasteiger partial charge in [-0.1, -0.05) is 53.6 Å². The monoisotopic (exact) mass is 455 g/mol. The van der Waals surface area contributed by atoms with Crippen LogP contribution in [0.3, 0.4) is 0 Å². The highest BCUT2D eigenvalue weighted by molar-refractivity contribution is 6.32. The van der Waals surface area contributed by atoms with E-state index in [4.69, 9.17) is 20.8 Å². The van der Waals surface area contributed by atoms with Gasteiger partial charge in [-0.3, -0.25) is 14.9 Å². The van der Waals surface area contributed by atoms with Gasteiger partial charge in [-0.05, 0) is 25.1 Å². The van der Waals surface area contributed by atoms with Crippen LogP contribution in [0.5, 0.6) is 5.75 Å². The van der Waals surface area contributed by atoms with E-state index in [9.17, 15) is 20.0 Å². The lowest BCUT2D eigenvalue weighted by molar-refractivity contribution is -0.402. The van der Waals surface area contributed by atoms with Crippen LogP contribution in [0.1, 0.15) is 23.3 Å². The number of ether oxygens (including phenoxy) is 1. The Labute approximate surface area is 187 Å². The summed E-state index contributed by atoms with van der Waals surface area (Å²) in [5.74, 6) is -0.700. The number of hydrogen-bond donors (Lipinski definition) is 1. The third-order valence-corrected chi connectivity index (χ3v) is 5.29. The zero-order valence-electron chi connectivity index (χ0n) is 16.9. The Kier molecular flexibility index (Phi) is 5.68. The molecule has 1 N–H and O–H groups in total. The maximum atomic E-state index is 13.0. The van der Waals surface area contributed by atoms with E-state index < -0.39 is 29.0 Å². The van der Waals surface area contributed by atoms with Crippen molar-refractivity contribution >= 4 is 29.1 Å². The number of nitrogens with zero attached hydrogens (tertiary/aromatic N) is 3. The lowest BCUT2D eigenvalue weighted by Crippen LogP contribution is -2.45. The predicted octanol–water partition coefficient (Wildman–Crippen LogP) is 4.01. The molecule has 1 aliphatic heterocycles. The number of furan rings is 1. The van der Waals surface area contributed by atoms with Gasteiger partial charge in [0.05, 0.1) is 11.1 Å². The minimum absolute atomic E-state index is 0.0876. The second-order valence-electron chi connectivity index (χ2n) is 7.23. The van der Waals surface area contributed by atoms with Crippen molar-refractivity contribution in [2.75, 3.05) is 6.61 Å². The summed E-state index contributed by atoms with van der Waals surface area (Å²) >= 11 is 6.07. The number of hydrogen-bond acceptors (Lipinski definition) is 7. The number of rotatable bonds is 6. The van der Waals surface area contributed by atoms with Crippen LogP contribution in [0, 0.1) is 17.0 Å². The molecule has 1 aromatic heterocycles. The summed E-state index contributed by atoms with van der Waals surface area (Å²) in [7, 11) is 0. The summed E-state index contributed by atoms with van der Waals surface area (Å²) in [6.07, 6.45) is -0.126. The van der Waals surface area contributed by atoms with Crippen molar-refractivity contribution in [2.45, 2.75) is 19.1 Å². The molecule has 2 heterocycles. The standard InChI is InChI=1S/C22H18ClN3O6/c1-14-6-8-15(9-7-14)22(28)12-17(19-10-11-21(32-19)26(29)30)24-25(22)20(27)13-31-18-5-3-2-4-16(18)23/h2-11,28H,12-13H2,1H3. The van der Waals surface area contributed by atoms with Gasteiger partial charge in [0.25, 0.3) is 5.91 Å². The smallest absolute Gasteiger partial charge is 0.433 e. The molecular weight excluding hydrogens is 438 g/mol. The molecule has 0 radical (unpaired) electrons. The van der Waals surface area contributed by atoms with Crippen molar-refractivity contribution in [1.82, 2.24) is 5.01 Å². The second-order valence-corrected chi connectivity index (χ2v) is 7.63. The molecule has 3 aromatic rings. The van der Waals surface area contributed by atoms with Crippen molar-refractivity contribution in [3.05, 3.63) is 92.7 Å². The average molecular weight is 456 g/mol.